The molecule has 1 aromatic carbocycles. The minimum atomic E-state index is -0.0122. The monoisotopic (exact) mass is 269 g/mol. The van der Waals surface area contributed by atoms with Gasteiger partial charge in [-0.15, -0.1) is 0 Å². The summed E-state index contributed by atoms with van der Waals surface area (Å²) < 4.78 is 5.89. The van der Waals surface area contributed by atoms with E-state index in [1.165, 1.54) is 0 Å². The summed E-state index contributed by atoms with van der Waals surface area (Å²) in [5, 5.41) is 0.799. The molecule has 0 saturated heterocycles. The number of ether oxygens (including phenoxy) is 1. The zero-order valence-electron chi connectivity index (χ0n) is 12.0. The van der Waals surface area contributed by atoms with Crippen LogP contribution in [-0.2, 0) is 0 Å². The predicted octanol–water partition coefficient (Wildman–Crippen LogP) is 4.54. The van der Waals surface area contributed by atoms with Crippen LogP contribution in [0.25, 0.3) is 0 Å². The number of rotatable bonds is 5. The van der Waals surface area contributed by atoms with Gasteiger partial charge in [-0.2, -0.15) is 0 Å². The lowest BCUT2D eigenvalue weighted by atomic mass is 9.95. The second-order valence-corrected chi connectivity index (χ2v) is 5.48. The molecule has 0 radical (unpaired) electrons. The van der Waals surface area contributed by atoms with Crippen molar-refractivity contribution in [2.75, 3.05) is 0 Å². The molecule has 0 aliphatic rings. The molecule has 0 aliphatic heterocycles. The lowest BCUT2D eigenvalue weighted by Gasteiger charge is -2.22. The number of benzene rings is 1. The van der Waals surface area contributed by atoms with Gasteiger partial charge in [-0.05, 0) is 51.3 Å². The SMILES string of the molecule is CCCC(N)c1c(OC(C)C)cc(C)c(Cl)c1C. The van der Waals surface area contributed by atoms with Crippen LogP contribution in [0.5, 0.6) is 5.75 Å². The van der Waals surface area contributed by atoms with Crippen molar-refractivity contribution < 1.29 is 4.74 Å². The van der Waals surface area contributed by atoms with Crippen LogP contribution in [0.1, 0.15) is 56.3 Å². The Bertz CT molecular complexity index is 415. The maximum Gasteiger partial charge on any atom is 0.125 e. The first-order valence-corrected chi connectivity index (χ1v) is 6.98. The van der Waals surface area contributed by atoms with Gasteiger partial charge in [0.1, 0.15) is 5.75 Å². The van der Waals surface area contributed by atoms with Crippen molar-refractivity contribution in [1.29, 1.82) is 0 Å². The van der Waals surface area contributed by atoms with Crippen molar-refractivity contribution in [3.63, 3.8) is 0 Å². The first kappa shape index (κ1) is 15.3. The maximum atomic E-state index is 6.32. The topological polar surface area (TPSA) is 35.2 Å². The summed E-state index contributed by atoms with van der Waals surface area (Å²) in [5.41, 5.74) is 9.41. The number of nitrogens with two attached hydrogens (primary N) is 1. The van der Waals surface area contributed by atoms with Crippen LogP contribution in [0, 0.1) is 13.8 Å². The molecule has 0 spiro atoms. The van der Waals surface area contributed by atoms with E-state index < -0.39 is 0 Å². The normalized spacial score (nSPS) is 12.9. The smallest absolute Gasteiger partial charge is 0.125 e. The largest absolute Gasteiger partial charge is 0.491 e. The van der Waals surface area contributed by atoms with Gasteiger partial charge in [-0.3, -0.25) is 0 Å². The summed E-state index contributed by atoms with van der Waals surface area (Å²) in [5.74, 6) is 0.880. The zero-order valence-corrected chi connectivity index (χ0v) is 12.8. The number of hydrogen-bond acceptors (Lipinski definition) is 2. The third kappa shape index (κ3) is 3.39. The molecule has 18 heavy (non-hydrogen) atoms. The molecular weight excluding hydrogens is 246 g/mol. The Hall–Kier alpha value is -0.730. The summed E-state index contributed by atoms with van der Waals surface area (Å²) in [6, 6.07) is 1.99. The fourth-order valence-electron chi connectivity index (χ4n) is 2.20. The van der Waals surface area contributed by atoms with Gasteiger partial charge in [0.05, 0.1) is 6.10 Å². The van der Waals surface area contributed by atoms with E-state index in [2.05, 4.69) is 6.92 Å². The molecule has 1 atom stereocenters. The molecule has 2 N–H and O–H groups in total. The molecule has 1 unspecified atom stereocenters. The summed E-state index contributed by atoms with van der Waals surface area (Å²) >= 11 is 6.32. The molecule has 3 heteroatoms. The molecule has 0 aromatic heterocycles. The Morgan fingerprint density at radius 2 is 1.94 bits per heavy atom. The van der Waals surface area contributed by atoms with Crippen molar-refractivity contribution in [1.82, 2.24) is 0 Å². The molecule has 1 aromatic rings. The van der Waals surface area contributed by atoms with E-state index in [4.69, 9.17) is 22.1 Å². The average molecular weight is 270 g/mol. The molecule has 0 fully saturated rings. The molecule has 0 amide bonds. The van der Waals surface area contributed by atoms with Gasteiger partial charge in [-0.25, -0.2) is 0 Å². The second kappa shape index (κ2) is 6.44. The summed E-state index contributed by atoms with van der Waals surface area (Å²) in [6.07, 6.45) is 2.12. The fraction of sp³-hybridized carbons (Fsp3) is 0.600. The first-order chi connectivity index (χ1) is 8.38. The summed E-state index contributed by atoms with van der Waals surface area (Å²) in [4.78, 5) is 0. The highest BCUT2D eigenvalue weighted by molar-refractivity contribution is 6.32. The second-order valence-electron chi connectivity index (χ2n) is 5.11. The van der Waals surface area contributed by atoms with Gasteiger partial charge in [0, 0.05) is 16.6 Å². The maximum absolute atomic E-state index is 6.32. The van der Waals surface area contributed by atoms with Gasteiger partial charge in [0.2, 0.25) is 0 Å². The lowest BCUT2D eigenvalue weighted by molar-refractivity contribution is 0.238. The van der Waals surface area contributed by atoms with E-state index in [0.717, 1.165) is 40.3 Å². The van der Waals surface area contributed by atoms with Gasteiger partial charge < -0.3 is 10.5 Å². The highest BCUT2D eigenvalue weighted by atomic mass is 35.5. The van der Waals surface area contributed by atoms with Crippen molar-refractivity contribution in [2.24, 2.45) is 5.73 Å². The van der Waals surface area contributed by atoms with Gasteiger partial charge in [0.25, 0.3) is 0 Å². The molecule has 1 rings (SSSR count). The van der Waals surface area contributed by atoms with E-state index in [1.54, 1.807) is 0 Å². The highest BCUT2D eigenvalue weighted by Crippen LogP contribution is 2.36. The molecule has 2 nitrogen and oxygen atoms in total. The van der Waals surface area contributed by atoms with Crippen molar-refractivity contribution in [3.8, 4) is 5.75 Å². The Morgan fingerprint density at radius 3 is 2.44 bits per heavy atom. The van der Waals surface area contributed by atoms with E-state index >= 15 is 0 Å². The van der Waals surface area contributed by atoms with Crippen LogP contribution >= 0.6 is 11.6 Å². The van der Waals surface area contributed by atoms with E-state index in [9.17, 15) is 0 Å². The minimum absolute atomic E-state index is 0.0122. The zero-order chi connectivity index (χ0) is 13.9. The molecular formula is C15H24ClNO. The Labute approximate surface area is 115 Å². The van der Waals surface area contributed by atoms with Crippen LogP contribution in [0.4, 0.5) is 0 Å². The predicted molar refractivity (Wildman–Crippen MR) is 78.5 cm³/mol. The van der Waals surface area contributed by atoms with E-state index in [-0.39, 0.29) is 12.1 Å². The van der Waals surface area contributed by atoms with Crippen LogP contribution in [0.15, 0.2) is 6.07 Å². The Kier molecular flexibility index (Phi) is 5.48. The van der Waals surface area contributed by atoms with Crippen LogP contribution in [-0.4, -0.2) is 6.10 Å². The molecule has 0 bridgehead atoms. The number of aryl methyl sites for hydroxylation is 1. The number of halogens is 1. The van der Waals surface area contributed by atoms with Gasteiger partial charge in [-0.1, -0.05) is 24.9 Å². The highest BCUT2D eigenvalue weighted by Gasteiger charge is 2.19. The molecule has 0 saturated carbocycles. The molecule has 102 valence electrons. The Balaban J connectivity index is 3.29. The number of hydrogen-bond donors (Lipinski definition) is 1. The van der Waals surface area contributed by atoms with Crippen molar-refractivity contribution in [3.05, 3.63) is 27.8 Å². The van der Waals surface area contributed by atoms with Crippen molar-refractivity contribution in [2.45, 2.75) is 59.6 Å². The third-order valence-corrected chi connectivity index (χ3v) is 3.61. The fourth-order valence-corrected chi connectivity index (χ4v) is 2.36. The van der Waals surface area contributed by atoms with Gasteiger partial charge in [0.15, 0.2) is 0 Å². The molecule has 0 aliphatic carbocycles. The van der Waals surface area contributed by atoms with Gasteiger partial charge >= 0.3 is 0 Å². The van der Waals surface area contributed by atoms with E-state index in [0.29, 0.717) is 0 Å². The van der Waals surface area contributed by atoms with Crippen LogP contribution in [0.2, 0.25) is 5.02 Å². The Morgan fingerprint density at radius 1 is 1.33 bits per heavy atom. The van der Waals surface area contributed by atoms with Crippen LogP contribution < -0.4 is 10.5 Å². The lowest BCUT2D eigenvalue weighted by Crippen LogP contribution is -2.16. The first-order valence-electron chi connectivity index (χ1n) is 6.60. The van der Waals surface area contributed by atoms with Crippen LogP contribution in [0.3, 0.4) is 0 Å². The molecule has 0 heterocycles. The average Bonchev–Trinajstić information content (AvgIpc) is 2.25. The third-order valence-electron chi connectivity index (χ3n) is 3.03. The van der Waals surface area contributed by atoms with E-state index in [1.807, 2.05) is 33.8 Å². The standard InChI is InChI=1S/C15H24ClNO/c1-6-7-12(17)14-11(5)15(16)10(4)8-13(14)18-9(2)3/h8-9,12H,6-7,17H2,1-5H3. The minimum Gasteiger partial charge on any atom is -0.491 e. The quantitative estimate of drug-likeness (QED) is 0.851. The summed E-state index contributed by atoms with van der Waals surface area (Å²) in [7, 11) is 0. The van der Waals surface area contributed by atoms with Crippen molar-refractivity contribution >= 4 is 11.6 Å². The summed E-state index contributed by atoms with van der Waals surface area (Å²) in [6.45, 7) is 10.2.